The topological polar surface area (TPSA) is 90.5 Å². The number of hydrogen-bond acceptors (Lipinski definition) is 7. The normalized spacial score (nSPS) is 16.8. The van der Waals surface area contributed by atoms with Crippen molar-refractivity contribution < 1.29 is 12.8 Å². The Hall–Kier alpha value is -3.24. The smallest absolute Gasteiger partial charge is 0.240 e. The molecule has 1 aromatic heterocycles. The molecule has 5 rings (SSSR count). The van der Waals surface area contributed by atoms with E-state index < -0.39 is 14.8 Å². The van der Waals surface area contributed by atoms with E-state index in [0.717, 1.165) is 48.3 Å². The van der Waals surface area contributed by atoms with Crippen molar-refractivity contribution in [1.82, 2.24) is 14.9 Å². The van der Waals surface area contributed by atoms with Gasteiger partial charge in [0.25, 0.3) is 0 Å². The maximum Gasteiger partial charge on any atom is 0.240 e. The molecule has 2 N–H and O–H groups in total. The summed E-state index contributed by atoms with van der Waals surface area (Å²) in [7, 11) is -1.41. The van der Waals surface area contributed by atoms with Crippen LogP contribution >= 0.6 is 0 Å². The first-order chi connectivity index (χ1) is 18.4. The van der Waals surface area contributed by atoms with Gasteiger partial charge in [-0.15, -0.1) is 0 Å². The van der Waals surface area contributed by atoms with Crippen molar-refractivity contribution in [1.29, 1.82) is 0 Å². The fraction of sp³-hybridized carbons (Fsp3) is 0.448. The van der Waals surface area contributed by atoms with E-state index in [1.807, 2.05) is 37.3 Å². The average Bonchev–Trinajstić information content (AvgIpc) is 3.30. The predicted octanol–water partition coefficient (Wildman–Crippen LogP) is 5.71. The summed E-state index contributed by atoms with van der Waals surface area (Å²) in [5.74, 6) is 0.947. The maximum atomic E-state index is 15.0. The molecule has 1 saturated heterocycles. The van der Waals surface area contributed by atoms with Crippen LogP contribution < -0.4 is 14.9 Å². The van der Waals surface area contributed by atoms with Crippen molar-refractivity contribution in [2.45, 2.75) is 57.6 Å². The highest BCUT2D eigenvalue weighted by Gasteiger charge is 2.38. The van der Waals surface area contributed by atoms with Crippen molar-refractivity contribution in [3.05, 3.63) is 65.1 Å². The number of nitrogens with one attached hydrogen (secondary N) is 2. The van der Waals surface area contributed by atoms with Gasteiger partial charge in [-0.2, -0.15) is 4.98 Å². The first-order valence-electron chi connectivity index (χ1n) is 13.4. The lowest BCUT2D eigenvalue weighted by Gasteiger charge is -2.29. The van der Waals surface area contributed by atoms with Gasteiger partial charge in [0.15, 0.2) is 0 Å². The second-order valence-corrected chi connectivity index (χ2v) is 14.2. The van der Waals surface area contributed by atoms with Gasteiger partial charge < -0.3 is 15.5 Å². The highest BCUT2D eigenvalue weighted by molar-refractivity contribution is 7.94. The molecule has 0 amide bonds. The van der Waals surface area contributed by atoms with Crippen LogP contribution in [0.25, 0.3) is 0 Å². The Morgan fingerprint density at radius 3 is 2.38 bits per heavy atom. The third-order valence-corrected chi connectivity index (χ3v) is 10.2. The van der Waals surface area contributed by atoms with Crippen molar-refractivity contribution >= 4 is 38.9 Å². The summed E-state index contributed by atoms with van der Waals surface area (Å²) in [5.41, 5.74) is 4.59. The van der Waals surface area contributed by atoms with Crippen LogP contribution in [0.15, 0.2) is 42.6 Å². The Kier molecular flexibility index (Phi) is 7.28. The highest BCUT2D eigenvalue weighted by Crippen LogP contribution is 2.37. The molecular weight excluding hydrogens is 515 g/mol. The van der Waals surface area contributed by atoms with Crippen LogP contribution in [-0.2, 0) is 16.4 Å². The van der Waals surface area contributed by atoms with Crippen molar-refractivity contribution in [2.24, 2.45) is 0 Å². The number of hydrogen-bond donors (Lipinski definition) is 2. The van der Waals surface area contributed by atoms with Crippen LogP contribution in [0.1, 0.15) is 56.2 Å². The van der Waals surface area contributed by atoms with E-state index in [1.54, 1.807) is 27.0 Å². The molecule has 39 heavy (non-hydrogen) atoms. The molecule has 208 valence electrons. The maximum absolute atomic E-state index is 15.0. The van der Waals surface area contributed by atoms with Gasteiger partial charge in [-0.1, -0.05) is 12.1 Å². The van der Waals surface area contributed by atoms with Gasteiger partial charge in [-0.25, -0.2) is 17.8 Å². The summed E-state index contributed by atoms with van der Waals surface area (Å²) < 4.78 is 41.9. The minimum Gasteiger partial charge on any atom is -0.340 e. The second kappa shape index (κ2) is 10.4. The van der Waals surface area contributed by atoms with Gasteiger partial charge in [0.05, 0.1) is 10.4 Å². The van der Waals surface area contributed by atoms with E-state index in [-0.39, 0.29) is 11.7 Å². The molecular formula is C29H37FN6O2S. The third-order valence-electron chi connectivity index (χ3n) is 7.65. The molecule has 3 aromatic rings. The first-order valence-corrected chi connectivity index (χ1v) is 14.9. The van der Waals surface area contributed by atoms with Crippen molar-refractivity contribution in [3.63, 3.8) is 0 Å². The van der Waals surface area contributed by atoms with Gasteiger partial charge in [0.1, 0.15) is 11.6 Å². The number of likely N-dealkylation sites (tertiary alicyclic amines) is 1. The van der Waals surface area contributed by atoms with E-state index in [2.05, 4.69) is 32.5 Å². The monoisotopic (exact) mass is 552 g/mol. The standard InChI is InChI=1S/C29H37FN6O2S/c1-19-18-31-28(33-22-8-9-24(25(30)16-22)20-10-13-35(5)14-11-20)34-27(19)32-23-7-6-21-12-15-36(26(21)17-23)39(37,38)29(2,3)4/h6-9,16-18,20H,10-15H2,1-5H3,(H2,31,32,33,34). The number of fused-ring (bicyclic) bond motifs is 1. The molecule has 0 bridgehead atoms. The molecule has 3 heterocycles. The number of rotatable bonds is 6. The number of nitrogens with zero attached hydrogens (tertiary/aromatic N) is 4. The fourth-order valence-electron chi connectivity index (χ4n) is 5.16. The lowest BCUT2D eigenvalue weighted by atomic mass is 9.89. The lowest BCUT2D eigenvalue weighted by molar-refractivity contribution is 0.253. The highest BCUT2D eigenvalue weighted by atomic mass is 32.2. The Morgan fingerprint density at radius 1 is 1.00 bits per heavy atom. The van der Waals surface area contributed by atoms with Crippen LogP contribution in [0, 0.1) is 12.7 Å². The van der Waals surface area contributed by atoms with Gasteiger partial charge in [-0.05, 0) is 108 Å². The predicted molar refractivity (Wildman–Crippen MR) is 155 cm³/mol. The Bertz CT molecular complexity index is 1480. The summed E-state index contributed by atoms with van der Waals surface area (Å²) in [6.07, 6.45) is 4.29. The molecule has 0 spiro atoms. The van der Waals surface area contributed by atoms with Gasteiger partial charge in [0, 0.05) is 29.7 Å². The minimum absolute atomic E-state index is 0.215. The Balaban J connectivity index is 1.34. The van der Waals surface area contributed by atoms with E-state index in [9.17, 15) is 8.42 Å². The van der Waals surface area contributed by atoms with Crippen LogP contribution in [0.2, 0.25) is 0 Å². The molecule has 0 aliphatic carbocycles. The summed E-state index contributed by atoms with van der Waals surface area (Å²) in [6.45, 7) is 9.44. The number of aryl methyl sites for hydroxylation is 1. The fourth-order valence-corrected chi connectivity index (χ4v) is 6.58. The van der Waals surface area contributed by atoms with E-state index in [4.69, 9.17) is 0 Å². The van der Waals surface area contributed by atoms with Crippen LogP contribution in [0.5, 0.6) is 0 Å². The Morgan fingerprint density at radius 2 is 1.69 bits per heavy atom. The molecule has 10 heteroatoms. The molecule has 0 unspecified atom stereocenters. The van der Waals surface area contributed by atoms with E-state index in [0.29, 0.717) is 36.1 Å². The quantitative estimate of drug-likeness (QED) is 0.405. The van der Waals surface area contributed by atoms with Gasteiger partial charge >= 0.3 is 0 Å². The number of sulfonamides is 1. The second-order valence-electron chi connectivity index (χ2n) is 11.6. The number of anilines is 5. The zero-order valence-corrected chi connectivity index (χ0v) is 24.1. The SMILES string of the molecule is Cc1cnc(Nc2ccc(C3CCN(C)CC3)c(F)c2)nc1Nc1ccc2c(c1)N(S(=O)(=O)C(C)(C)C)CC2. The van der Waals surface area contributed by atoms with Crippen LogP contribution in [-0.4, -0.2) is 54.7 Å². The van der Waals surface area contributed by atoms with E-state index in [1.165, 1.54) is 10.4 Å². The molecule has 0 saturated carbocycles. The Labute approximate surface area is 230 Å². The summed E-state index contributed by atoms with van der Waals surface area (Å²) in [5, 5.41) is 6.44. The molecule has 2 aromatic carbocycles. The minimum atomic E-state index is -3.51. The number of halogens is 1. The number of aromatic nitrogens is 2. The number of piperidine rings is 1. The zero-order chi connectivity index (χ0) is 27.9. The summed E-state index contributed by atoms with van der Waals surface area (Å²) >= 11 is 0. The van der Waals surface area contributed by atoms with E-state index >= 15 is 4.39 Å². The molecule has 8 nitrogen and oxygen atoms in total. The largest absolute Gasteiger partial charge is 0.340 e. The van der Waals surface area contributed by atoms with Gasteiger partial charge in [-0.3, -0.25) is 4.31 Å². The number of benzene rings is 2. The van der Waals surface area contributed by atoms with Crippen molar-refractivity contribution in [2.75, 3.05) is 41.6 Å². The summed E-state index contributed by atoms with van der Waals surface area (Å²) in [6, 6.07) is 11.0. The average molecular weight is 553 g/mol. The molecule has 2 aliphatic rings. The zero-order valence-electron chi connectivity index (χ0n) is 23.3. The van der Waals surface area contributed by atoms with Crippen molar-refractivity contribution in [3.8, 4) is 0 Å². The molecule has 0 radical (unpaired) electrons. The van der Waals surface area contributed by atoms with Crippen LogP contribution in [0.4, 0.5) is 33.2 Å². The summed E-state index contributed by atoms with van der Waals surface area (Å²) in [4.78, 5) is 11.3. The van der Waals surface area contributed by atoms with Gasteiger partial charge in [0.2, 0.25) is 16.0 Å². The first kappa shape index (κ1) is 27.3. The lowest BCUT2D eigenvalue weighted by Crippen LogP contribution is -2.42. The molecule has 0 atom stereocenters. The third kappa shape index (κ3) is 5.58. The van der Waals surface area contributed by atoms with Crippen LogP contribution in [0.3, 0.4) is 0 Å². The molecule has 1 fully saturated rings. The molecule has 2 aliphatic heterocycles.